The molecule has 0 aromatic carbocycles. The number of likely N-dealkylation sites (tertiary alicyclic amines) is 1. The van der Waals surface area contributed by atoms with E-state index in [9.17, 15) is 0 Å². The van der Waals surface area contributed by atoms with Crippen molar-refractivity contribution in [1.82, 2.24) is 4.90 Å². The Hall–Kier alpha value is -0.220. The lowest BCUT2D eigenvalue weighted by molar-refractivity contribution is 0.247. The lowest BCUT2D eigenvalue weighted by Crippen LogP contribution is -2.40. The van der Waals surface area contributed by atoms with Gasteiger partial charge in [-0.2, -0.15) is 11.8 Å². The van der Waals surface area contributed by atoms with Gasteiger partial charge < -0.3 is 10.1 Å². The van der Waals surface area contributed by atoms with E-state index in [2.05, 4.69) is 23.9 Å². The Morgan fingerprint density at radius 2 is 2.43 bits per heavy atom. The van der Waals surface area contributed by atoms with E-state index in [4.69, 9.17) is 5.21 Å². The van der Waals surface area contributed by atoms with Gasteiger partial charge in [-0.25, -0.2) is 0 Å². The van der Waals surface area contributed by atoms with Gasteiger partial charge in [0.1, 0.15) is 0 Å². The average molecular weight is 216 g/mol. The van der Waals surface area contributed by atoms with Crippen molar-refractivity contribution in [3.63, 3.8) is 0 Å². The van der Waals surface area contributed by atoms with Crippen molar-refractivity contribution < 1.29 is 5.21 Å². The first-order valence-electron chi connectivity index (χ1n) is 5.28. The molecule has 0 bridgehead atoms. The maximum atomic E-state index is 8.73. The quantitative estimate of drug-likeness (QED) is 0.443. The smallest absolute Gasteiger partial charge is 0.0624 e. The molecule has 3 nitrogen and oxygen atoms in total. The van der Waals surface area contributed by atoms with Gasteiger partial charge in [0.15, 0.2) is 0 Å². The highest BCUT2D eigenvalue weighted by molar-refractivity contribution is 7.99. The van der Waals surface area contributed by atoms with Crippen LogP contribution in [0.1, 0.15) is 20.3 Å². The van der Waals surface area contributed by atoms with Gasteiger partial charge in [-0.1, -0.05) is 19.0 Å². The van der Waals surface area contributed by atoms with Gasteiger partial charge in [0, 0.05) is 37.7 Å². The van der Waals surface area contributed by atoms with E-state index < -0.39 is 0 Å². The predicted octanol–water partition coefficient (Wildman–Crippen LogP) is 1.91. The van der Waals surface area contributed by atoms with E-state index in [1.807, 2.05) is 11.8 Å². The van der Waals surface area contributed by atoms with Crippen LogP contribution in [0.15, 0.2) is 5.16 Å². The number of oxime groups is 1. The second kappa shape index (κ2) is 6.30. The molecule has 1 N–H and O–H groups in total. The van der Waals surface area contributed by atoms with E-state index in [0.29, 0.717) is 5.92 Å². The molecule has 1 heterocycles. The maximum absolute atomic E-state index is 8.73. The number of hydrogen-bond acceptors (Lipinski definition) is 4. The maximum Gasteiger partial charge on any atom is 0.0624 e. The van der Waals surface area contributed by atoms with Crippen LogP contribution < -0.4 is 0 Å². The van der Waals surface area contributed by atoms with Crippen molar-refractivity contribution >= 4 is 17.5 Å². The summed E-state index contributed by atoms with van der Waals surface area (Å²) in [6, 6.07) is 0. The van der Waals surface area contributed by atoms with Gasteiger partial charge >= 0.3 is 0 Å². The summed E-state index contributed by atoms with van der Waals surface area (Å²) in [7, 11) is 0. The first kappa shape index (κ1) is 11.9. The summed E-state index contributed by atoms with van der Waals surface area (Å²) < 4.78 is 0. The largest absolute Gasteiger partial charge is 0.411 e. The fourth-order valence-electron chi connectivity index (χ4n) is 1.79. The Kier molecular flexibility index (Phi) is 5.33. The van der Waals surface area contributed by atoms with E-state index in [0.717, 1.165) is 25.2 Å². The zero-order valence-corrected chi connectivity index (χ0v) is 9.89. The molecular formula is C10H20N2OS. The van der Waals surface area contributed by atoms with E-state index in [1.54, 1.807) is 0 Å². The van der Waals surface area contributed by atoms with Crippen molar-refractivity contribution in [2.45, 2.75) is 20.3 Å². The molecular weight excluding hydrogens is 196 g/mol. The molecule has 0 aromatic rings. The molecule has 0 radical (unpaired) electrons. The summed E-state index contributed by atoms with van der Waals surface area (Å²) in [6.07, 6.45) is 0.925. The van der Waals surface area contributed by atoms with Crippen LogP contribution in [0.4, 0.5) is 0 Å². The normalized spacial score (nSPS) is 27.0. The minimum Gasteiger partial charge on any atom is -0.411 e. The molecule has 1 aliphatic rings. The monoisotopic (exact) mass is 216 g/mol. The molecule has 0 amide bonds. The Morgan fingerprint density at radius 1 is 1.64 bits per heavy atom. The number of piperidine rings is 1. The lowest BCUT2D eigenvalue weighted by atomic mass is 9.98. The summed E-state index contributed by atoms with van der Waals surface area (Å²) in [5, 5.41) is 12.1. The van der Waals surface area contributed by atoms with Crippen LogP contribution in [0.3, 0.4) is 0 Å². The molecule has 0 spiro atoms. The fraction of sp³-hybridized carbons (Fsp3) is 0.900. The Labute approximate surface area is 90.5 Å². The van der Waals surface area contributed by atoms with Gasteiger partial charge in [-0.15, -0.1) is 0 Å². The van der Waals surface area contributed by atoms with Crippen LogP contribution >= 0.6 is 11.8 Å². The van der Waals surface area contributed by atoms with Crippen LogP contribution in [0.25, 0.3) is 0 Å². The van der Waals surface area contributed by atoms with Gasteiger partial charge in [0.2, 0.25) is 0 Å². The SMILES string of the molecule is CCSCCN1CCC(=NO)C(C)C1. The van der Waals surface area contributed by atoms with Crippen molar-refractivity contribution in [3.8, 4) is 0 Å². The van der Waals surface area contributed by atoms with Gasteiger partial charge in [-0.05, 0) is 5.75 Å². The fourth-order valence-corrected chi connectivity index (χ4v) is 2.47. The van der Waals surface area contributed by atoms with Crippen LogP contribution in [-0.2, 0) is 0 Å². The predicted molar refractivity (Wildman–Crippen MR) is 62.4 cm³/mol. The number of thioether (sulfide) groups is 1. The summed E-state index contributed by atoms with van der Waals surface area (Å²) in [6.45, 7) is 7.59. The molecule has 0 aliphatic carbocycles. The summed E-state index contributed by atoms with van der Waals surface area (Å²) in [5.41, 5.74) is 0.962. The Bertz CT molecular complexity index is 197. The summed E-state index contributed by atoms with van der Waals surface area (Å²) in [5.74, 6) is 2.84. The second-order valence-electron chi connectivity index (χ2n) is 3.74. The second-order valence-corrected chi connectivity index (χ2v) is 5.13. The molecule has 14 heavy (non-hydrogen) atoms. The Morgan fingerprint density at radius 3 is 3.00 bits per heavy atom. The number of rotatable bonds is 4. The van der Waals surface area contributed by atoms with Crippen molar-refractivity contribution in [1.29, 1.82) is 0 Å². The molecule has 0 saturated carbocycles. The highest BCUT2D eigenvalue weighted by Crippen LogP contribution is 2.14. The van der Waals surface area contributed by atoms with Gasteiger partial charge in [-0.3, -0.25) is 0 Å². The molecule has 1 atom stereocenters. The molecule has 1 unspecified atom stereocenters. The first-order valence-corrected chi connectivity index (χ1v) is 6.44. The molecule has 1 aliphatic heterocycles. The molecule has 82 valence electrons. The minimum absolute atomic E-state index is 0.417. The highest BCUT2D eigenvalue weighted by atomic mass is 32.2. The molecule has 1 fully saturated rings. The number of nitrogens with zero attached hydrogens (tertiary/aromatic N) is 2. The van der Waals surface area contributed by atoms with Gasteiger partial charge in [0.05, 0.1) is 5.71 Å². The van der Waals surface area contributed by atoms with E-state index in [-0.39, 0.29) is 0 Å². The van der Waals surface area contributed by atoms with E-state index >= 15 is 0 Å². The molecule has 0 aromatic heterocycles. The average Bonchev–Trinajstić information content (AvgIpc) is 2.18. The number of hydrogen-bond donors (Lipinski definition) is 1. The summed E-state index contributed by atoms with van der Waals surface area (Å²) >= 11 is 1.99. The third-order valence-electron chi connectivity index (χ3n) is 2.67. The standard InChI is InChI=1S/C10H20N2OS/c1-3-14-7-6-12-5-4-10(11-13)9(2)8-12/h9,13H,3-8H2,1-2H3. The van der Waals surface area contributed by atoms with Crippen LogP contribution in [0, 0.1) is 5.92 Å². The molecule has 4 heteroatoms. The zero-order chi connectivity index (χ0) is 10.4. The third-order valence-corrected chi connectivity index (χ3v) is 3.55. The van der Waals surface area contributed by atoms with Crippen LogP contribution in [0.5, 0.6) is 0 Å². The molecule has 1 saturated heterocycles. The minimum atomic E-state index is 0.417. The van der Waals surface area contributed by atoms with Crippen molar-refractivity contribution in [2.75, 3.05) is 31.1 Å². The zero-order valence-electron chi connectivity index (χ0n) is 9.07. The highest BCUT2D eigenvalue weighted by Gasteiger charge is 2.21. The van der Waals surface area contributed by atoms with Crippen molar-refractivity contribution in [3.05, 3.63) is 0 Å². The summed E-state index contributed by atoms with van der Waals surface area (Å²) in [4.78, 5) is 2.46. The van der Waals surface area contributed by atoms with Crippen LogP contribution in [0.2, 0.25) is 0 Å². The van der Waals surface area contributed by atoms with E-state index in [1.165, 1.54) is 18.1 Å². The Balaban J connectivity index is 2.25. The third kappa shape index (κ3) is 3.50. The lowest BCUT2D eigenvalue weighted by Gasteiger charge is -2.31. The topological polar surface area (TPSA) is 35.8 Å². The van der Waals surface area contributed by atoms with Gasteiger partial charge in [0.25, 0.3) is 0 Å². The first-order chi connectivity index (χ1) is 6.77. The van der Waals surface area contributed by atoms with Crippen molar-refractivity contribution in [2.24, 2.45) is 11.1 Å². The van der Waals surface area contributed by atoms with Crippen LogP contribution in [-0.4, -0.2) is 47.0 Å². The molecule has 1 rings (SSSR count).